The first kappa shape index (κ1) is 21.8. The molecule has 1 fully saturated rings. The van der Waals surface area contributed by atoms with Gasteiger partial charge in [0.15, 0.2) is 22.8 Å². The van der Waals surface area contributed by atoms with Gasteiger partial charge in [0.25, 0.3) is 5.91 Å². The molecule has 5 rings (SSSR count). The molecule has 4 aromatic rings. The van der Waals surface area contributed by atoms with Crippen LogP contribution >= 0.6 is 0 Å². The van der Waals surface area contributed by atoms with Crippen LogP contribution in [-0.2, 0) is 6.18 Å². The van der Waals surface area contributed by atoms with E-state index in [0.717, 1.165) is 17.5 Å². The van der Waals surface area contributed by atoms with Crippen LogP contribution in [0.1, 0.15) is 16.2 Å². The van der Waals surface area contributed by atoms with Crippen LogP contribution in [0.4, 0.5) is 18.9 Å². The molecule has 0 unspecified atom stereocenters. The fraction of sp³-hybridized carbons (Fsp3) is 0.261. The van der Waals surface area contributed by atoms with E-state index in [1.807, 2.05) is 24.3 Å². The predicted octanol–water partition coefficient (Wildman–Crippen LogP) is 3.98. The number of hydrogen-bond acceptors (Lipinski definition) is 6. The normalized spacial score (nSPS) is 14.6. The second kappa shape index (κ2) is 8.40. The summed E-state index contributed by atoms with van der Waals surface area (Å²) in [6.45, 7) is 1.99. The topological polar surface area (TPSA) is 76.1 Å². The van der Waals surface area contributed by atoms with Gasteiger partial charge >= 0.3 is 6.18 Å². The number of alkyl halides is 3. The molecular weight excluding hydrogens is 451 g/mol. The molecule has 1 saturated heterocycles. The molecule has 3 aromatic heterocycles. The van der Waals surface area contributed by atoms with Crippen LogP contribution in [0.5, 0.6) is 5.75 Å². The van der Waals surface area contributed by atoms with Crippen molar-refractivity contribution in [3.63, 3.8) is 0 Å². The average molecular weight is 471 g/mol. The van der Waals surface area contributed by atoms with Gasteiger partial charge in [-0.25, -0.2) is 9.50 Å². The number of fused-ring (bicyclic) bond motifs is 1. The lowest BCUT2D eigenvalue weighted by molar-refractivity contribution is -0.142. The van der Waals surface area contributed by atoms with Crippen LogP contribution in [0.2, 0.25) is 0 Å². The van der Waals surface area contributed by atoms with Gasteiger partial charge in [-0.15, -0.1) is 0 Å². The number of anilines is 1. The van der Waals surface area contributed by atoms with Crippen molar-refractivity contribution in [2.75, 3.05) is 38.2 Å². The largest absolute Gasteiger partial charge is 0.497 e. The molecule has 4 heterocycles. The van der Waals surface area contributed by atoms with Crippen LogP contribution in [-0.4, -0.2) is 58.7 Å². The number of nitrogens with zero attached hydrogens (tertiary/aromatic N) is 5. The third-order valence-electron chi connectivity index (χ3n) is 5.71. The van der Waals surface area contributed by atoms with E-state index in [4.69, 9.17) is 9.15 Å². The molecule has 34 heavy (non-hydrogen) atoms. The monoisotopic (exact) mass is 471 g/mol. The smallest absolute Gasteiger partial charge is 0.433 e. The minimum Gasteiger partial charge on any atom is -0.497 e. The number of methoxy groups -OCH3 is 1. The van der Waals surface area contributed by atoms with E-state index >= 15 is 0 Å². The van der Waals surface area contributed by atoms with Gasteiger partial charge in [-0.1, -0.05) is 0 Å². The highest BCUT2D eigenvalue weighted by Gasteiger charge is 2.36. The lowest BCUT2D eigenvalue weighted by Crippen LogP contribution is -2.48. The van der Waals surface area contributed by atoms with E-state index in [1.165, 1.54) is 18.4 Å². The van der Waals surface area contributed by atoms with Crippen LogP contribution < -0.4 is 9.64 Å². The zero-order chi connectivity index (χ0) is 23.9. The summed E-state index contributed by atoms with van der Waals surface area (Å²) in [6.07, 6.45) is -3.34. The molecule has 0 saturated carbocycles. The van der Waals surface area contributed by atoms with E-state index in [2.05, 4.69) is 15.0 Å². The second-order valence-corrected chi connectivity index (χ2v) is 7.78. The van der Waals surface area contributed by atoms with Crippen molar-refractivity contribution in [3.8, 4) is 17.2 Å². The molecule has 0 N–H and O–H groups in total. The van der Waals surface area contributed by atoms with Crippen LogP contribution in [0.15, 0.2) is 59.2 Å². The van der Waals surface area contributed by atoms with Gasteiger partial charge in [0, 0.05) is 37.9 Å². The van der Waals surface area contributed by atoms with Gasteiger partial charge in [-0.05, 0) is 42.5 Å². The summed E-state index contributed by atoms with van der Waals surface area (Å²) >= 11 is 0. The summed E-state index contributed by atoms with van der Waals surface area (Å²) in [5, 5.41) is 3.96. The first-order chi connectivity index (χ1) is 16.3. The molecule has 8 nitrogen and oxygen atoms in total. The first-order valence-corrected chi connectivity index (χ1v) is 10.5. The Morgan fingerprint density at radius 3 is 2.41 bits per heavy atom. The van der Waals surface area contributed by atoms with Gasteiger partial charge in [0.2, 0.25) is 0 Å². The number of furan rings is 1. The Morgan fingerprint density at radius 1 is 1.06 bits per heavy atom. The number of carbonyl (C=O) groups is 1. The Kier molecular flexibility index (Phi) is 5.39. The summed E-state index contributed by atoms with van der Waals surface area (Å²) in [5.74, 6) is 0.510. The summed E-state index contributed by atoms with van der Waals surface area (Å²) in [5.41, 5.74) is -0.192. The summed E-state index contributed by atoms with van der Waals surface area (Å²) in [4.78, 5) is 21.0. The second-order valence-electron chi connectivity index (χ2n) is 7.78. The zero-order valence-electron chi connectivity index (χ0n) is 18.1. The highest BCUT2D eigenvalue weighted by Crippen LogP contribution is 2.32. The van der Waals surface area contributed by atoms with Gasteiger partial charge in [-0.3, -0.25) is 4.79 Å². The maximum atomic E-state index is 13.7. The molecule has 11 heteroatoms. The number of hydrogen-bond donors (Lipinski definition) is 0. The van der Waals surface area contributed by atoms with E-state index in [-0.39, 0.29) is 22.8 Å². The van der Waals surface area contributed by atoms with E-state index in [9.17, 15) is 18.0 Å². The number of aromatic nitrogens is 3. The van der Waals surface area contributed by atoms with Crippen molar-refractivity contribution in [1.82, 2.24) is 19.5 Å². The lowest BCUT2D eigenvalue weighted by Gasteiger charge is -2.35. The van der Waals surface area contributed by atoms with Crippen LogP contribution in [0.25, 0.3) is 17.1 Å². The number of piperazine rings is 1. The molecule has 0 aliphatic carbocycles. The van der Waals surface area contributed by atoms with E-state index < -0.39 is 17.8 Å². The molecule has 1 aliphatic heterocycles. The molecule has 176 valence electrons. The molecule has 0 atom stereocenters. The Morgan fingerprint density at radius 2 is 1.79 bits per heavy atom. The SMILES string of the molecule is COc1ccc(N2CCN(C(=O)c3cc4nc(-c5ccco5)cc(C(F)(F)F)n4n3)CC2)cc1. The molecule has 0 bridgehead atoms. The quantitative estimate of drug-likeness (QED) is 0.448. The summed E-state index contributed by atoms with van der Waals surface area (Å²) in [7, 11) is 1.60. The van der Waals surface area contributed by atoms with Crippen molar-refractivity contribution in [2.45, 2.75) is 6.18 Å². The van der Waals surface area contributed by atoms with Crippen molar-refractivity contribution in [1.29, 1.82) is 0 Å². The Balaban J connectivity index is 1.38. The number of ether oxygens (including phenoxy) is 1. The van der Waals surface area contributed by atoms with Crippen molar-refractivity contribution < 1.29 is 27.1 Å². The predicted molar refractivity (Wildman–Crippen MR) is 117 cm³/mol. The minimum atomic E-state index is -4.70. The van der Waals surface area contributed by atoms with Crippen LogP contribution in [0, 0.1) is 0 Å². The van der Waals surface area contributed by atoms with Crippen molar-refractivity contribution in [3.05, 3.63) is 66.2 Å². The Bertz CT molecular complexity index is 1310. The van der Waals surface area contributed by atoms with Crippen molar-refractivity contribution in [2.24, 2.45) is 0 Å². The standard InChI is InChI=1S/C23H20F3N5O3/c1-33-16-6-4-15(5-7-16)29-8-10-30(11-9-29)22(32)18-14-21-27-17(19-3-2-12-34-19)13-20(23(24,25)26)31(21)28-18/h2-7,12-14H,8-11H2,1H3. The minimum absolute atomic E-state index is 0.0110. The number of rotatable bonds is 4. The Hall–Kier alpha value is -4.02. The number of carbonyl (C=O) groups excluding carboxylic acids is 1. The van der Waals surface area contributed by atoms with Gasteiger partial charge in [0.1, 0.15) is 11.4 Å². The highest BCUT2D eigenvalue weighted by molar-refractivity contribution is 5.93. The van der Waals surface area contributed by atoms with Gasteiger partial charge in [-0.2, -0.15) is 18.3 Å². The third kappa shape index (κ3) is 4.04. The van der Waals surface area contributed by atoms with E-state index in [0.29, 0.717) is 30.7 Å². The van der Waals surface area contributed by atoms with E-state index in [1.54, 1.807) is 18.1 Å². The average Bonchev–Trinajstić information content (AvgIpc) is 3.53. The van der Waals surface area contributed by atoms with Crippen LogP contribution in [0.3, 0.4) is 0 Å². The lowest BCUT2D eigenvalue weighted by atomic mass is 10.2. The zero-order valence-corrected chi connectivity index (χ0v) is 18.1. The molecule has 1 aromatic carbocycles. The molecule has 1 aliphatic rings. The van der Waals surface area contributed by atoms with Gasteiger partial charge < -0.3 is 19.0 Å². The molecule has 0 radical (unpaired) electrons. The van der Waals surface area contributed by atoms with Crippen molar-refractivity contribution >= 4 is 17.2 Å². The summed E-state index contributed by atoms with van der Waals surface area (Å²) in [6, 6.07) is 12.8. The van der Waals surface area contributed by atoms with Gasteiger partial charge in [0.05, 0.1) is 13.4 Å². The highest BCUT2D eigenvalue weighted by atomic mass is 19.4. The maximum Gasteiger partial charge on any atom is 0.433 e. The summed E-state index contributed by atoms with van der Waals surface area (Å²) < 4.78 is 52.2. The third-order valence-corrected chi connectivity index (χ3v) is 5.71. The fourth-order valence-electron chi connectivity index (χ4n) is 3.95. The number of benzene rings is 1. The fourth-order valence-corrected chi connectivity index (χ4v) is 3.95. The Labute approximate surface area is 192 Å². The maximum absolute atomic E-state index is 13.7. The molecule has 1 amide bonds. The molecular formula is C23H20F3N5O3. The number of halogens is 3. The molecule has 0 spiro atoms. The first-order valence-electron chi connectivity index (χ1n) is 10.5. The number of amides is 1.